The molecule has 0 fully saturated rings. The van der Waals surface area contributed by atoms with Crippen LogP contribution in [0, 0.1) is 3.57 Å². The number of pyridine rings is 1. The number of halogens is 2. The predicted octanol–water partition coefficient (Wildman–Crippen LogP) is 3.49. The SMILES string of the molecule is Clc1ccc2cncc(I)c2c1. The van der Waals surface area contributed by atoms with Crippen molar-refractivity contribution in [1.29, 1.82) is 0 Å². The summed E-state index contributed by atoms with van der Waals surface area (Å²) in [6, 6.07) is 5.81. The second-order valence-corrected chi connectivity index (χ2v) is 4.09. The Balaban J connectivity index is 2.88. The average molecular weight is 290 g/mol. The molecule has 2 rings (SSSR count). The summed E-state index contributed by atoms with van der Waals surface area (Å²) in [5.74, 6) is 0. The second kappa shape index (κ2) is 3.18. The zero-order valence-corrected chi connectivity index (χ0v) is 9.00. The van der Waals surface area contributed by atoms with Crippen molar-refractivity contribution in [3.05, 3.63) is 39.2 Å². The zero-order chi connectivity index (χ0) is 8.55. The lowest BCUT2D eigenvalue weighted by atomic mass is 10.2. The van der Waals surface area contributed by atoms with E-state index in [0.29, 0.717) is 0 Å². The molecule has 0 N–H and O–H groups in total. The van der Waals surface area contributed by atoms with Crippen LogP contribution < -0.4 is 0 Å². The number of hydrogen-bond donors (Lipinski definition) is 0. The molecule has 0 aliphatic carbocycles. The van der Waals surface area contributed by atoms with E-state index in [9.17, 15) is 0 Å². The first-order chi connectivity index (χ1) is 5.77. The van der Waals surface area contributed by atoms with Crippen molar-refractivity contribution < 1.29 is 0 Å². The highest BCUT2D eigenvalue weighted by atomic mass is 127. The van der Waals surface area contributed by atoms with Gasteiger partial charge in [-0.1, -0.05) is 17.7 Å². The molecule has 0 atom stereocenters. The Morgan fingerprint density at radius 1 is 1.25 bits per heavy atom. The molecule has 2 aromatic rings. The average Bonchev–Trinajstić information content (AvgIpc) is 2.07. The maximum absolute atomic E-state index is 5.87. The van der Waals surface area contributed by atoms with E-state index in [4.69, 9.17) is 11.6 Å². The molecule has 60 valence electrons. The van der Waals surface area contributed by atoms with Crippen LogP contribution in [0.4, 0.5) is 0 Å². The fourth-order valence-corrected chi connectivity index (χ4v) is 1.90. The first-order valence-electron chi connectivity index (χ1n) is 3.46. The summed E-state index contributed by atoms with van der Waals surface area (Å²) in [5.41, 5.74) is 0. The predicted molar refractivity (Wildman–Crippen MR) is 59.5 cm³/mol. The molecule has 0 bridgehead atoms. The topological polar surface area (TPSA) is 12.9 Å². The van der Waals surface area contributed by atoms with Crippen molar-refractivity contribution in [2.75, 3.05) is 0 Å². The van der Waals surface area contributed by atoms with Gasteiger partial charge in [0.25, 0.3) is 0 Å². The Morgan fingerprint density at radius 2 is 2.08 bits per heavy atom. The van der Waals surface area contributed by atoms with Gasteiger partial charge in [-0.05, 0) is 40.1 Å². The summed E-state index contributed by atoms with van der Waals surface area (Å²) >= 11 is 8.12. The van der Waals surface area contributed by atoms with Crippen molar-refractivity contribution in [1.82, 2.24) is 4.98 Å². The van der Waals surface area contributed by atoms with Crippen LogP contribution in [0.2, 0.25) is 5.02 Å². The highest BCUT2D eigenvalue weighted by molar-refractivity contribution is 14.1. The third-order valence-electron chi connectivity index (χ3n) is 1.67. The van der Waals surface area contributed by atoms with Crippen LogP contribution in [0.3, 0.4) is 0 Å². The summed E-state index contributed by atoms with van der Waals surface area (Å²) in [6.07, 6.45) is 3.67. The molecule has 3 heteroatoms. The minimum absolute atomic E-state index is 0.770. The smallest absolute Gasteiger partial charge is 0.0412 e. The van der Waals surface area contributed by atoms with Gasteiger partial charge in [-0.25, -0.2) is 0 Å². The van der Waals surface area contributed by atoms with E-state index in [2.05, 4.69) is 27.6 Å². The quantitative estimate of drug-likeness (QED) is 0.677. The fourth-order valence-electron chi connectivity index (χ4n) is 1.10. The van der Waals surface area contributed by atoms with Gasteiger partial charge in [0.1, 0.15) is 0 Å². The maximum atomic E-state index is 5.87. The van der Waals surface area contributed by atoms with Gasteiger partial charge in [-0.3, -0.25) is 4.98 Å². The Labute approximate surface area is 88.9 Å². The van der Waals surface area contributed by atoms with E-state index in [1.165, 1.54) is 0 Å². The minimum Gasteiger partial charge on any atom is -0.263 e. The standard InChI is InChI=1S/C9H5ClIN/c10-7-2-1-6-4-12-5-9(11)8(6)3-7/h1-5H. The molecule has 12 heavy (non-hydrogen) atoms. The normalized spacial score (nSPS) is 10.5. The fraction of sp³-hybridized carbons (Fsp3) is 0. The monoisotopic (exact) mass is 289 g/mol. The van der Waals surface area contributed by atoms with Crippen LogP contribution in [0.5, 0.6) is 0 Å². The first kappa shape index (κ1) is 8.26. The molecule has 1 nitrogen and oxygen atoms in total. The third-order valence-corrected chi connectivity index (χ3v) is 2.77. The van der Waals surface area contributed by atoms with E-state index in [1.54, 1.807) is 0 Å². The summed E-state index contributed by atoms with van der Waals surface area (Å²) in [5, 5.41) is 3.07. The lowest BCUT2D eigenvalue weighted by molar-refractivity contribution is 1.35. The van der Waals surface area contributed by atoms with Crippen LogP contribution >= 0.6 is 34.2 Å². The van der Waals surface area contributed by atoms with Crippen LogP contribution in [0.15, 0.2) is 30.6 Å². The Bertz CT molecular complexity index is 428. The van der Waals surface area contributed by atoms with Crippen molar-refractivity contribution >= 4 is 45.0 Å². The van der Waals surface area contributed by atoms with Crippen LogP contribution in [-0.4, -0.2) is 4.98 Å². The number of rotatable bonds is 0. The Kier molecular flexibility index (Phi) is 2.19. The van der Waals surface area contributed by atoms with E-state index in [-0.39, 0.29) is 0 Å². The van der Waals surface area contributed by atoms with Crippen molar-refractivity contribution in [2.45, 2.75) is 0 Å². The molecule has 0 aliphatic rings. The highest BCUT2D eigenvalue weighted by Crippen LogP contribution is 2.22. The van der Waals surface area contributed by atoms with Gasteiger partial charge in [-0.2, -0.15) is 0 Å². The van der Waals surface area contributed by atoms with Crippen molar-refractivity contribution in [3.8, 4) is 0 Å². The summed E-state index contributed by atoms with van der Waals surface area (Å²) in [7, 11) is 0. The number of aromatic nitrogens is 1. The van der Waals surface area contributed by atoms with E-state index in [1.807, 2.05) is 30.6 Å². The van der Waals surface area contributed by atoms with Crippen LogP contribution in [0.25, 0.3) is 10.8 Å². The minimum atomic E-state index is 0.770. The van der Waals surface area contributed by atoms with Gasteiger partial charge in [0.15, 0.2) is 0 Å². The van der Waals surface area contributed by atoms with Gasteiger partial charge < -0.3 is 0 Å². The van der Waals surface area contributed by atoms with Gasteiger partial charge in [0.05, 0.1) is 0 Å². The molecule has 1 heterocycles. The number of benzene rings is 1. The second-order valence-electron chi connectivity index (χ2n) is 2.49. The zero-order valence-electron chi connectivity index (χ0n) is 6.09. The lowest BCUT2D eigenvalue weighted by Gasteiger charge is -1.99. The van der Waals surface area contributed by atoms with Crippen LogP contribution in [0.1, 0.15) is 0 Å². The van der Waals surface area contributed by atoms with Gasteiger partial charge >= 0.3 is 0 Å². The van der Waals surface area contributed by atoms with Crippen molar-refractivity contribution in [2.24, 2.45) is 0 Å². The first-order valence-corrected chi connectivity index (χ1v) is 4.92. The van der Waals surface area contributed by atoms with E-state index >= 15 is 0 Å². The molecular weight excluding hydrogens is 284 g/mol. The van der Waals surface area contributed by atoms with Gasteiger partial charge in [-0.15, -0.1) is 0 Å². The molecule has 0 spiro atoms. The molecule has 1 aromatic heterocycles. The Morgan fingerprint density at radius 3 is 2.92 bits per heavy atom. The summed E-state index contributed by atoms with van der Waals surface area (Å²) < 4.78 is 1.13. The molecule has 0 saturated carbocycles. The molecule has 0 saturated heterocycles. The van der Waals surface area contributed by atoms with Crippen LogP contribution in [-0.2, 0) is 0 Å². The van der Waals surface area contributed by atoms with E-state index < -0.39 is 0 Å². The molecule has 0 amide bonds. The highest BCUT2D eigenvalue weighted by Gasteiger charge is 1.98. The van der Waals surface area contributed by atoms with Crippen molar-refractivity contribution in [3.63, 3.8) is 0 Å². The van der Waals surface area contributed by atoms with Gasteiger partial charge in [0, 0.05) is 26.4 Å². The summed E-state index contributed by atoms with van der Waals surface area (Å²) in [6.45, 7) is 0. The molecule has 1 aromatic carbocycles. The Hall–Kier alpha value is -0.350. The van der Waals surface area contributed by atoms with Gasteiger partial charge in [0.2, 0.25) is 0 Å². The molecule has 0 radical (unpaired) electrons. The summed E-state index contributed by atoms with van der Waals surface area (Å²) in [4.78, 5) is 4.09. The largest absolute Gasteiger partial charge is 0.263 e. The molecule has 0 unspecified atom stereocenters. The molecule has 0 aliphatic heterocycles. The number of nitrogens with zero attached hydrogens (tertiary/aromatic N) is 1. The van der Waals surface area contributed by atoms with E-state index in [0.717, 1.165) is 19.4 Å². The number of hydrogen-bond acceptors (Lipinski definition) is 1. The third kappa shape index (κ3) is 1.41. The lowest BCUT2D eigenvalue weighted by Crippen LogP contribution is -1.79. The number of fused-ring (bicyclic) bond motifs is 1. The molecular formula is C9H5ClIN. The maximum Gasteiger partial charge on any atom is 0.0412 e.